The average molecular weight is 435 g/mol. The second kappa shape index (κ2) is 9.41. The number of carbonyl (C=O) groups excluding carboxylic acids is 1. The van der Waals surface area contributed by atoms with Crippen LogP contribution in [-0.2, 0) is 4.79 Å². The molecule has 2 aromatic carbocycles. The van der Waals surface area contributed by atoms with Crippen molar-refractivity contribution >= 4 is 23.6 Å². The molecule has 0 unspecified atom stereocenters. The number of para-hydroxylation sites is 2. The van der Waals surface area contributed by atoms with E-state index in [0.717, 1.165) is 5.69 Å². The molecule has 0 aliphatic heterocycles. The van der Waals surface area contributed by atoms with Crippen LogP contribution >= 0.6 is 0 Å². The molecule has 0 aliphatic carbocycles. The molecule has 1 amide bonds. The first kappa shape index (κ1) is 21.2. The van der Waals surface area contributed by atoms with Gasteiger partial charge in [0.15, 0.2) is 0 Å². The van der Waals surface area contributed by atoms with Crippen LogP contribution in [0.2, 0.25) is 0 Å². The molecule has 33 heavy (non-hydrogen) atoms. The molecular formula is C25H17N5O3. The van der Waals surface area contributed by atoms with E-state index in [2.05, 4.69) is 15.4 Å². The van der Waals surface area contributed by atoms with Crippen molar-refractivity contribution in [2.75, 3.05) is 5.32 Å². The number of amides is 1. The van der Waals surface area contributed by atoms with Gasteiger partial charge in [-0.1, -0.05) is 30.3 Å². The molecule has 0 aliphatic rings. The van der Waals surface area contributed by atoms with Gasteiger partial charge in [0.05, 0.1) is 16.9 Å². The lowest BCUT2D eigenvalue weighted by Crippen LogP contribution is -2.16. The molecule has 0 saturated heterocycles. The Kier molecular flexibility index (Phi) is 6.05. The van der Waals surface area contributed by atoms with E-state index < -0.39 is 11.9 Å². The molecule has 0 saturated carbocycles. The molecule has 0 atom stereocenters. The summed E-state index contributed by atoms with van der Waals surface area (Å²) in [7, 11) is 0. The first-order valence-electron chi connectivity index (χ1n) is 9.88. The first-order valence-corrected chi connectivity index (χ1v) is 9.88. The number of carboxylic acids is 1. The van der Waals surface area contributed by atoms with E-state index in [1.165, 1.54) is 18.2 Å². The summed E-state index contributed by atoms with van der Waals surface area (Å²) in [6.45, 7) is 0. The molecule has 8 nitrogen and oxygen atoms in total. The van der Waals surface area contributed by atoms with Gasteiger partial charge in [0.1, 0.15) is 17.3 Å². The number of aromatic nitrogens is 3. The van der Waals surface area contributed by atoms with Crippen LogP contribution in [0.15, 0.2) is 90.9 Å². The van der Waals surface area contributed by atoms with Crippen LogP contribution in [0.5, 0.6) is 0 Å². The fourth-order valence-electron chi connectivity index (χ4n) is 3.21. The topological polar surface area (TPSA) is 121 Å². The maximum Gasteiger partial charge on any atom is 0.337 e. The molecule has 4 rings (SSSR count). The minimum atomic E-state index is -1.18. The molecule has 2 heterocycles. The zero-order valence-electron chi connectivity index (χ0n) is 17.2. The molecule has 160 valence electrons. The highest BCUT2D eigenvalue weighted by atomic mass is 16.4. The van der Waals surface area contributed by atoms with Crippen molar-refractivity contribution in [3.05, 3.63) is 102 Å². The lowest BCUT2D eigenvalue weighted by atomic mass is 10.1. The van der Waals surface area contributed by atoms with Crippen molar-refractivity contribution in [1.82, 2.24) is 14.8 Å². The third-order valence-corrected chi connectivity index (χ3v) is 4.77. The summed E-state index contributed by atoms with van der Waals surface area (Å²) >= 11 is 0. The number of nitrogens with one attached hydrogen (secondary N) is 1. The van der Waals surface area contributed by atoms with Gasteiger partial charge in [0.25, 0.3) is 5.91 Å². The monoisotopic (exact) mass is 435 g/mol. The number of carbonyl (C=O) groups is 2. The molecule has 8 heteroatoms. The van der Waals surface area contributed by atoms with E-state index in [1.54, 1.807) is 41.5 Å². The number of carboxylic acid groups (broad SMARTS) is 1. The van der Waals surface area contributed by atoms with Crippen molar-refractivity contribution < 1.29 is 14.7 Å². The fraction of sp³-hybridized carbons (Fsp3) is 0. The third kappa shape index (κ3) is 4.68. The van der Waals surface area contributed by atoms with Gasteiger partial charge in [-0.25, -0.2) is 9.48 Å². The SMILES string of the molecule is N#C/C(=C\c1cn(-c2ccccc2)nc1-c1cccnc1)C(=O)Nc1ccccc1C(=O)O. The zero-order valence-corrected chi connectivity index (χ0v) is 17.2. The van der Waals surface area contributed by atoms with Crippen LogP contribution in [0, 0.1) is 11.3 Å². The minimum absolute atomic E-state index is 0.0731. The Morgan fingerprint density at radius 1 is 1.03 bits per heavy atom. The van der Waals surface area contributed by atoms with Crippen LogP contribution < -0.4 is 5.32 Å². The summed E-state index contributed by atoms with van der Waals surface area (Å²) in [6.07, 6.45) is 6.42. The Hall–Kier alpha value is -5.03. The van der Waals surface area contributed by atoms with E-state index in [-0.39, 0.29) is 16.8 Å². The zero-order chi connectivity index (χ0) is 23.2. The van der Waals surface area contributed by atoms with E-state index in [0.29, 0.717) is 16.8 Å². The molecule has 0 radical (unpaired) electrons. The second-order valence-corrected chi connectivity index (χ2v) is 6.93. The highest BCUT2D eigenvalue weighted by Gasteiger charge is 2.17. The number of rotatable bonds is 6. The van der Waals surface area contributed by atoms with Crippen LogP contribution in [-0.4, -0.2) is 31.7 Å². The summed E-state index contributed by atoms with van der Waals surface area (Å²) in [4.78, 5) is 28.4. The van der Waals surface area contributed by atoms with E-state index >= 15 is 0 Å². The summed E-state index contributed by atoms with van der Waals surface area (Å²) in [5.41, 5.74) is 2.42. The second-order valence-electron chi connectivity index (χ2n) is 6.93. The number of nitrogens with zero attached hydrogens (tertiary/aromatic N) is 4. The van der Waals surface area contributed by atoms with Crippen LogP contribution in [0.1, 0.15) is 15.9 Å². The van der Waals surface area contributed by atoms with Crippen LogP contribution in [0.3, 0.4) is 0 Å². The lowest BCUT2D eigenvalue weighted by Gasteiger charge is -2.07. The summed E-state index contributed by atoms with van der Waals surface area (Å²) in [5, 5.41) is 26.1. The van der Waals surface area contributed by atoms with Gasteiger partial charge in [0, 0.05) is 29.7 Å². The molecule has 0 spiro atoms. The largest absolute Gasteiger partial charge is 0.478 e. The normalized spacial score (nSPS) is 10.9. The molecule has 4 aromatic rings. The minimum Gasteiger partial charge on any atom is -0.478 e. The Morgan fingerprint density at radius 3 is 2.48 bits per heavy atom. The van der Waals surface area contributed by atoms with Gasteiger partial charge in [-0.2, -0.15) is 10.4 Å². The summed E-state index contributed by atoms with van der Waals surface area (Å²) in [6, 6.07) is 20.9. The van der Waals surface area contributed by atoms with E-state index in [4.69, 9.17) is 0 Å². The fourth-order valence-corrected chi connectivity index (χ4v) is 3.21. The molecule has 0 fully saturated rings. The highest BCUT2D eigenvalue weighted by Crippen LogP contribution is 2.25. The molecular weight excluding hydrogens is 418 g/mol. The lowest BCUT2D eigenvalue weighted by molar-refractivity contribution is -0.112. The number of aromatic carboxylic acids is 1. The maximum atomic E-state index is 12.8. The van der Waals surface area contributed by atoms with Crippen molar-refractivity contribution in [2.45, 2.75) is 0 Å². The van der Waals surface area contributed by atoms with Crippen LogP contribution in [0.4, 0.5) is 5.69 Å². The van der Waals surface area contributed by atoms with Gasteiger partial charge in [-0.15, -0.1) is 0 Å². The predicted octanol–water partition coefficient (Wildman–Crippen LogP) is 4.18. The number of anilines is 1. The van der Waals surface area contributed by atoms with Crippen molar-refractivity contribution in [2.24, 2.45) is 0 Å². The Bertz CT molecular complexity index is 1390. The number of pyridine rings is 1. The average Bonchev–Trinajstić information content (AvgIpc) is 3.27. The smallest absolute Gasteiger partial charge is 0.337 e. The Labute approximate surface area is 189 Å². The standard InChI is InChI=1S/C25H17N5O3/c26-14-18(24(31)28-22-11-5-4-10-21(22)25(32)33)13-19-16-30(20-8-2-1-3-9-20)29-23(19)17-7-6-12-27-15-17/h1-13,15-16H,(H,28,31)(H,32,33)/b18-13+. The molecule has 2 aromatic heterocycles. The van der Waals surface area contributed by atoms with Gasteiger partial charge >= 0.3 is 5.97 Å². The van der Waals surface area contributed by atoms with E-state index in [9.17, 15) is 20.0 Å². The summed E-state index contributed by atoms with van der Waals surface area (Å²) < 4.78 is 1.65. The number of benzene rings is 2. The van der Waals surface area contributed by atoms with Crippen molar-refractivity contribution in [3.63, 3.8) is 0 Å². The highest BCUT2D eigenvalue weighted by molar-refractivity contribution is 6.12. The Balaban J connectivity index is 1.75. The van der Waals surface area contributed by atoms with Gasteiger partial charge in [0.2, 0.25) is 0 Å². The maximum absolute atomic E-state index is 12.8. The summed E-state index contributed by atoms with van der Waals surface area (Å²) in [5.74, 6) is -1.91. The van der Waals surface area contributed by atoms with Gasteiger partial charge < -0.3 is 10.4 Å². The Morgan fingerprint density at radius 2 is 1.79 bits per heavy atom. The number of nitriles is 1. The van der Waals surface area contributed by atoms with Gasteiger partial charge in [-0.3, -0.25) is 9.78 Å². The van der Waals surface area contributed by atoms with E-state index in [1.807, 2.05) is 42.5 Å². The molecule has 2 N–H and O–H groups in total. The van der Waals surface area contributed by atoms with Crippen LogP contribution in [0.25, 0.3) is 23.0 Å². The number of hydrogen-bond acceptors (Lipinski definition) is 5. The predicted molar refractivity (Wildman–Crippen MR) is 122 cm³/mol. The quantitative estimate of drug-likeness (QED) is 0.346. The third-order valence-electron chi connectivity index (χ3n) is 4.77. The number of hydrogen-bond donors (Lipinski definition) is 2. The first-order chi connectivity index (χ1) is 16.1. The van der Waals surface area contributed by atoms with Gasteiger partial charge in [-0.05, 0) is 42.5 Å². The van der Waals surface area contributed by atoms with Crippen molar-refractivity contribution in [1.29, 1.82) is 5.26 Å². The molecule has 0 bridgehead atoms. The van der Waals surface area contributed by atoms with Crippen molar-refractivity contribution in [3.8, 4) is 23.0 Å².